The molecule has 0 saturated carbocycles. The SMILES string of the molecule is C.[Cl][Sn]([Cl])([Cl])[Cl]. The van der Waals surface area contributed by atoms with Gasteiger partial charge in [-0.1, -0.05) is 7.43 Å². The Hall–Kier alpha value is 1.96. The molecule has 40 valence electrons. The van der Waals surface area contributed by atoms with Gasteiger partial charge in [0.05, 0.1) is 0 Å². The standard InChI is InChI=1S/CH4.4ClH.Sn/h1H4;4*1H;/q;;;;;+4/p-4. The first-order chi connectivity index (χ1) is 2.00. The van der Waals surface area contributed by atoms with Crippen molar-refractivity contribution >= 4 is 49.6 Å². The van der Waals surface area contributed by atoms with Gasteiger partial charge in [0.25, 0.3) is 0 Å². The Balaban J connectivity index is 0. The van der Waals surface area contributed by atoms with Gasteiger partial charge in [-0.25, -0.2) is 0 Å². The summed E-state index contributed by atoms with van der Waals surface area (Å²) in [5.74, 6) is 0. The van der Waals surface area contributed by atoms with Gasteiger partial charge in [0, 0.05) is 0 Å². The number of halogens is 4. The molecule has 6 heavy (non-hydrogen) atoms. The topological polar surface area (TPSA) is 0 Å². The van der Waals surface area contributed by atoms with E-state index in [1.54, 1.807) is 0 Å². The molecule has 0 heterocycles. The van der Waals surface area contributed by atoms with Crippen LogP contribution in [0.1, 0.15) is 7.43 Å². The van der Waals surface area contributed by atoms with Crippen LogP contribution in [0, 0.1) is 0 Å². The van der Waals surface area contributed by atoms with Crippen molar-refractivity contribution in [2.24, 2.45) is 0 Å². The van der Waals surface area contributed by atoms with E-state index in [-0.39, 0.29) is 7.43 Å². The van der Waals surface area contributed by atoms with Crippen LogP contribution in [-0.4, -0.2) is 13.9 Å². The van der Waals surface area contributed by atoms with Gasteiger partial charge in [-0.2, -0.15) is 0 Å². The average Bonchev–Trinajstić information content (AvgIpc) is 0.722. The van der Waals surface area contributed by atoms with Crippen LogP contribution in [-0.2, 0) is 0 Å². The zero-order valence-corrected chi connectivity index (χ0v) is 7.89. The molecule has 0 atom stereocenters. The summed E-state index contributed by atoms with van der Waals surface area (Å²) < 4.78 is 0. The molecular formula is CH4Cl4Sn. The number of hydrogen-bond donors (Lipinski definition) is 0. The summed E-state index contributed by atoms with van der Waals surface area (Å²) in [5, 5.41) is 0. The van der Waals surface area contributed by atoms with Crippen LogP contribution in [0.2, 0.25) is 0 Å². The van der Waals surface area contributed by atoms with Gasteiger partial charge in [-0.15, -0.1) is 0 Å². The third kappa shape index (κ3) is 38.2. The summed E-state index contributed by atoms with van der Waals surface area (Å²) in [5.41, 5.74) is 0. The second-order valence-electron chi connectivity index (χ2n) is 0.429. The fourth-order valence-electron chi connectivity index (χ4n) is 0. The van der Waals surface area contributed by atoms with Gasteiger partial charge in [-0.3, -0.25) is 0 Å². The van der Waals surface area contributed by atoms with E-state index in [2.05, 4.69) is 0 Å². The molecular weight excluding hydrogens is 273 g/mol. The molecule has 0 aromatic heterocycles. The molecule has 0 aliphatic heterocycles. The predicted molar refractivity (Wildman–Crippen MR) is 35.9 cm³/mol. The molecule has 0 saturated heterocycles. The Kier molecular flexibility index (Phi) is 7.06. The quantitative estimate of drug-likeness (QED) is 0.597. The van der Waals surface area contributed by atoms with Crippen LogP contribution in [0.3, 0.4) is 0 Å². The van der Waals surface area contributed by atoms with Crippen molar-refractivity contribution in [3.63, 3.8) is 0 Å². The summed E-state index contributed by atoms with van der Waals surface area (Å²) >= 11 is -3.29. The van der Waals surface area contributed by atoms with Crippen LogP contribution in [0.5, 0.6) is 0 Å². The van der Waals surface area contributed by atoms with E-state index in [1.807, 2.05) is 0 Å². The molecule has 0 bridgehead atoms. The van der Waals surface area contributed by atoms with E-state index in [9.17, 15) is 0 Å². The fraction of sp³-hybridized carbons (Fsp3) is 1.00. The first kappa shape index (κ1) is 10.9. The molecule has 0 spiro atoms. The maximum absolute atomic E-state index is 5.04. The molecule has 5 heteroatoms. The summed E-state index contributed by atoms with van der Waals surface area (Å²) in [6.45, 7) is 0. The predicted octanol–water partition coefficient (Wildman–Crippen LogP) is 3.01. The molecule has 0 amide bonds. The first-order valence-electron chi connectivity index (χ1n) is 0.756. The number of hydrogen-bond acceptors (Lipinski definition) is 0. The monoisotopic (exact) mass is 276 g/mol. The summed E-state index contributed by atoms with van der Waals surface area (Å²) in [6, 6.07) is 0. The second kappa shape index (κ2) is 3.90. The van der Waals surface area contributed by atoms with Gasteiger partial charge in [0.15, 0.2) is 0 Å². The Morgan fingerprint density at radius 2 is 0.833 bits per heavy atom. The van der Waals surface area contributed by atoms with Crippen molar-refractivity contribution in [1.29, 1.82) is 0 Å². The molecule has 0 aromatic rings. The molecule has 0 unspecified atom stereocenters. The van der Waals surface area contributed by atoms with Crippen molar-refractivity contribution < 1.29 is 0 Å². The normalized spacial score (nSPS) is 10.0. The summed E-state index contributed by atoms with van der Waals surface area (Å²) in [4.78, 5) is 0. The molecule has 0 fully saturated rings. The Morgan fingerprint density at radius 1 is 0.833 bits per heavy atom. The van der Waals surface area contributed by atoms with Crippen molar-refractivity contribution in [3.05, 3.63) is 0 Å². The third-order valence-electron chi connectivity index (χ3n) is 0. The molecule has 0 aliphatic carbocycles. The third-order valence-corrected chi connectivity index (χ3v) is 0. The number of rotatable bonds is 0. The van der Waals surface area contributed by atoms with Crippen LogP contribution in [0.25, 0.3) is 0 Å². The van der Waals surface area contributed by atoms with E-state index < -0.39 is 13.9 Å². The van der Waals surface area contributed by atoms with Crippen LogP contribution >= 0.6 is 35.7 Å². The van der Waals surface area contributed by atoms with Gasteiger partial charge in [-0.05, 0) is 0 Å². The van der Waals surface area contributed by atoms with E-state index in [4.69, 9.17) is 35.7 Å². The van der Waals surface area contributed by atoms with Crippen molar-refractivity contribution in [2.45, 2.75) is 7.43 Å². The van der Waals surface area contributed by atoms with E-state index in [0.717, 1.165) is 0 Å². The van der Waals surface area contributed by atoms with E-state index in [1.165, 1.54) is 0 Å². The van der Waals surface area contributed by atoms with E-state index >= 15 is 0 Å². The Morgan fingerprint density at radius 3 is 0.833 bits per heavy atom. The maximum atomic E-state index is 5.04. The first-order valence-corrected chi connectivity index (χ1v) is 15.2. The zero-order valence-electron chi connectivity index (χ0n) is 2.01. The van der Waals surface area contributed by atoms with Gasteiger partial charge >= 0.3 is 49.6 Å². The molecule has 0 rings (SSSR count). The van der Waals surface area contributed by atoms with Crippen LogP contribution < -0.4 is 0 Å². The van der Waals surface area contributed by atoms with Gasteiger partial charge in [0.2, 0.25) is 0 Å². The molecule has 0 nitrogen and oxygen atoms in total. The summed E-state index contributed by atoms with van der Waals surface area (Å²) in [6.07, 6.45) is 0. The minimum absolute atomic E-state index is 0. The Labute approximate surface area is 56.4 Å². The van der Waals surface area contributed by atoms with Crippen LogP contribution in [0.4, 0.5) is 0 Å². The minimum atomic E-state index is -3.29. The van der Waals surface area contributed by atoms with Crippen molar-refractivity contribution in [3.8, 4) is 0 Å². The van der Waals surface area contributed by atoms with Crippen molar-refractivity contribution in [2.75, 3.05) is 0 Å². The molecule has 0 aromatic carbocycles. The second-order valence-corrected chi connectivity index (χ2v) is 25.9. The zero-order chi connectivity index (χ0) is 4.50. The van der Waals surface area contributed by atoms with Gasteiger partial charge in [0.1, 0.15) is 0 Å². The molecule has 0 aliphatic rings. The van der Waals surface area contributed by atoms with Crippen molar-refractivity contribution in [1.82, 2.24) is 0 Å². The fourth-order valence-corrected chi connectivity index (χ4v) is 0. The van der Waals surface area contributed by atoms with Crippen LogP contribution in [0.15, 0.2) is 0 Å². The summed E-state index contributed by atoms with van der Waals surface area (Å²) in [7, 11) is 20.1. The van der Waals surface area contributed by atoms with E-state index in [0.29, 0.717) is 0 Å². The average molecular weight is 277 g/mol. The molecule has 0 N–H and O–H groups in total. The Bertz CT molecular complexity index is 23.0. The van der Waals surface area contributed by atoms with Gasteiger partial charge < -0.3 is 0 Å². The molecule has 0 radical (unpaired) electrons.